The number of aliphatic carboxylic acids is 1. The molecule has 3 unspecified atom stereocenters. The van der Waals surface area contributed by atoms with E-state index < -0.39 is 11.9 Å². The molecule has 21 heavy (non-hydrogen) atoms. The summed E-state index contributed by atoms with van der Waals surface area (Å²) in [6, 6.07) is -0.0390. The first-order valence-electron chi connectivity index (χ1n) is 7.52. The highest BCUT2D eigenvalue weighted by Crippen LogP contribution is 2.31. The van der Waals surface area contributed by atoms with Crippen LogP contribution in [0.25, 0.3) is 0 Å². The Morgan fingerprint density at radius 3 is 2.48 bits per heavy atom. The van der Waals surface area contributed by atoms with E-state index in [4.69, 9.17) is 14.6 Å². The highest BCUT2D eigenvalue weighted by Gasteiger charge is 2.34. The first-order chi connectivity index (χ1) is 10.0. The van der Waals surface area contributed by atoms with Crippen LogP contribution in [0.2, 0.25) is 0 Å². The van der Waals surface area contributed by atoms with E-state index in [0.717, 1.165) is 12.8 Å². The molecule has 0 bridgehead atoms. The minimum atomic E-state index is -0.791. The third-order valence-electron chi connectivity index (χ3n) is 4.13. The lowest BCUT2D eigenvalue weighted by molar-refractivity contribution is -0.146. The summed E-state index contributed by atoms with van der Waals surface area (Å²) in [6.45, 7) is 3.38. The highest BCUT2D eigenvalue weighted by atomic mass is 16.5. The van der Waals surface area contributed by atoms with Gasteiger partial charge in [-0.15, -0.1) is 0 Å². The molecule has 6 heteroatoms. The van der Waals surface area contributed by atoms with Crippen LogP contribution in [0.15, 0.2) is 0 Å². The zero-order valence-electron chi connectivity index (χ0n) is 13.2. The number of methoxy groups -OCH3 is 2. The van der Waals surface area contributed by atoms with Gasteiger partial charge in [-0.05, 0) is 26.2 Å². The van der Waals surface area contributed by atoms with Crippen LogP contribution in [0.4, 0.5) is 0 Å². The van der Waals surface area contributed by atoms with Crippen LogP contribution in [0.1, 0.15) is 32.6 Å². The maximum atomic E-state index is 12.7. The summed E-state index contributed by atoms with van der Waals surface area (Å²) in [7, 11) is 3.21. The quantitative estimate of drug-likeness (QED) is 0.733. The summed E-state index contributed by atoms with van der Waals surface area (Å²) in [4.78, 5) is 25.6. The highest BCUT2D eigenvalue weighted by molar-refractivity contribution is 5.80. The average Bonchev–Trinajstić information content (AvgIpc) is 2.47. The lowest BCUT2D eigenvalue weighted by Gasteiger charge is -2.34. The second kappa shape index (κ2) is 9.00. The van der Waals surface area contributed by atoms with Crippen molar-refractivity contribution >= 4 is 11.9 Å². The number of amides is 1. The lowest BCUT2D eigenvalue weighted by Crippen LogP contribution is -2.47. The third kappa shape index (κ3) is 5.28. The van der Waals surface area contributed by atoms with E-state index in [1.165, 1.54) is 0 Å². The molecule has 1 amide bonds. The largest absolute Gasteiger partial charge is 0.481 e. The summed E-state index contributed by atoms with van der Waals surface area (Å²) < 4.78 is 10.2. The fourth-order valence-electron chi connectivity index (χ4n) is 2.94. The Bertz CT molecular complexity index is 347. The van der Waals surface area contributed by atoms with Gasteiger partial charge in [0.15, 0.2) is 0 Å². The predicted molar refractivity (Wildman–Crippen MR) is 78.0 cm³/mol. The molecule has 0 aliphatic heterocycles. The average molecular weight is 301 g/mol. The first-order valence-corrected chi connectivity index (χ1v) is 7.52. The van der Waals surface area contributed by atoms with Gasteiger partial charge in [-0.1, -0.05) is 6.42 Å². The molecule has 0 heterocycles. The smallest absolute Gasteiger partial charge is 0.306 e. The SMILES string of the molecule is COCCN(C(=O)C1CCCC(C(=O)O)C1)C(C)COC. The molecule has 0 aromatic rings. The van der Waals surface area contributed by atoms with Gasteiger partial charge in [-0.3, -0.25) is 9.59 Å². The molecule has 1 saturated carbocycles. The number of carboxylic acids is 1. The van der Waals surface area contributed by atoms with E-state index in [0.29, 0.717) is 32.6 Å². The lowest BCUT2D eigenvalue weighted by atomic mass is 9.80. The topological polar surface area (TPSA) is 76.1 Å². The van der Waals surface area contributed by atoms with Crippen molar-refractivity contribution in [3.63, 3.8) is 0 Å². The van der Waals surface area contributed by atoms with E-state index in [1.54, 1.807) is 19.1 Å². The standard InChI is InChI=1S/C15H27NO5/c1-11(10-21-3)16(7-8-20-2)14(17)12-5-4-6-13(9-12)15(18)19/h11-13H,4-10H2,1-3H3,(H,18,19). The molecule has 0 spiro atoms. The van der Waals surface area contributed by atoms with Crippen molar-refractivity contribution in [2.24, 2.45) is 11.8 Å². The molecule has 1 aliphatic carbocycles. The molecule has 3 atom stereocenters. The molecule has 0 saturated heterocycles. The van der Waals surface area contributed by atoms with Gasteiger partial charge in [0.1, 0.15) is 0 Å². The van der Waals surface area contributed by atoms with Crippen LogP contribution in [-0.2, 0) is 19.1 Å². The monoisotopic (exact) mass is 301 g/mol. The molecule has 6 nitrogen and oxygen atoms in total. The van der Waals surface area contributed by atoms with Crippen LogP contribution in [0.5, 0.6) is 0 Å². The van der Waals surface area contributed by atoms with Gasteiger partial charge in [0.05, 0.1) is 25.2 Å². The molecule has 0 aromatic carbocycles. The van der Waals surface area contributed by atoms with Crippen molar-refractivity contribution in [2.75, 3.05) is 34.0 Å². The second-order valence-electron chi connectivity index (χ2n) is 5.73. The molecule has 1 aliphatic rings. The molecule has 1 N–H and O–H groups in total. The van der Waals surface area contributed by atoms with Crippen molar-refractivity contribution in [2.45, 2.75) is 38.6 Å². The fraction of sp³-hybridized carbons (Fsp3) is 0.867. The van der Waals surface area contributed by atoms with Gasteiger partial charge in [0, 0.05) is 26.7 Å². The van der Waals surface area contributed by atoms with Gasteiger partial charge in [-0.25, -0.2) is 0 Å². The number of hydrogen-bond donors (Lipinski definition) is 1. The van der Waals surface area contributed by atoms with E-state index in [1.807, 2.05) is 6.92 Å². The van der Waals surface area contributed by atoms with Crippen LogP contribution in [-0.4, -0.2) is 61.9 Å². The summed E-state index contributed by atoms with van der Waals surface area (Å²) >= 11 is 0. The van der Waals surface area contributed by atoms with Gasteiger partial charge in [0.25, 0.3) is 0 Å². The Morgan fingerprint density at radius 1 is 1.24 bits per heavy atom. The zero-order valence-corrected chi connectivity index (χ0v) is 13.2. The summed E-state index contributed by atoms with van der Waals surface area (Å²) in [6.07, 6.45) is 2.68. The summed E-state index contributed by atoms with van der Waals surface area (Å²) in [5.41, 5.74) is 0. The number of ether oxygens (including phenoxy) is 2. The molecule has 1 fully saturated rings. The van der Waals surface area contributed by atoms with Gasteiger partial charge in [0.2, 0.25) is 5.91 Å². The van der Waals surface area contributed by atoms with E-state index in [9.17, 15) is 9.59 Å². The minimum Gasteiger partial charge on any atom is -0.481 e. The maximum Gasteiger partial charge on any atom is 0.306 e. The van der Waals surface area contributed by atoms with Gasteiger partial charge >= 0.3 is 5.97 Å². The van der Waals surface area contributed by atoms with Crippen LogP contribution in [0, 0.1) is 11.8 Å². The van der Waals surface area contributed by atoms with Crippen LogP contribution < -0.4 is 0 Å². The number of hydrogen-bond acceptors (Lipinski definition) is 4. The van der Waals surface area contributed by atoms with Crippen molar-refractivity contribution < 1.29 is 24.2 Å². The normalized spacial score (nSPS) is 23.6. The number of rotatable bonds is 8. The van der Waals surface area contributed by atoms with Crippen molar-refractivity contribution in [1.29, 1.82) is 0 Å². The Balaban J connectivity index is 2.71. The van der Waals surface area contributed by atoms with Crippen LogP contribution >= 0.6 is 0 Å². The van der Waals surface area contributed by atoms with Gasteiger partial charge < -0.3 is 19.5 Å². The first kappa shape index (κ1) is 17.9. The van der Waals surface area contributed by atoms with Crippen LogP contribution in [0.3, 0.4) is 0 Å². The summed E-state index contributed by atoms with van der Waals surface area (Å²) in [5.74, 6) is -1.35. The van der Waals surface area contributed by atoms with Crippen molar-refractivity contribution in [3.05, 3.63) is 0 Å². The molecule has 1 rings (SSSR count). The number of carbonyl (C=O) groups excluding carboxylic acids is 1. The molecule has 0 radical (unpaired) electrons. The maximum absolute atomic E-state index is 12.7. The van der Waals surface area contributed by atoms with E-state index in [-0.39, 0.29) is 17.9 Å². The van der Waals surface area contributed by atoms with Crippen molar-refractivity contribution in [1.82, 2.24) is 4.90 Å². The molecule has 0 aromatic heterocycles. The van der Waals surface area contributed by atoms with E-state index in [2.05, 4.69) is 0 Å². The third-order valence-corrected chi connectivity index (χ3v) is 4.13. The Labute approximate surface area is 126 Å². The Hall–Kier alpha value is -1.14. The Morgan fingerprint density at radius 2 is 1.90 bits per heavy atom. The minimum absolute atomic E-state index is 0.0301. The number of carboxylic acid groups (broad SMARTS) is 1. The molecular formula is C15H27NO5. The number of nitrogens with zero attached hydrogens (tertiary/aromatic N) is 1. The fourth-order valence-corrected chi connectivity index (χ4v) is 2.94. The second-order valence-corrected chi connectivity index (χ2v) is 5.73. The Kier molecular flexibility index (Phi) is 7.67. The number of carbonyl (C=O) groups is 2. The van der Waals surface area contributed by atoms with Gasteiger partial charge in [-0.2, -0.15) is 0 Å². The predicted octanol–water partition coefficient (Wildman–Crippen LogP) is 1.39. The van der Waals surface area contributed by atoms with E-state index >= 15 is 0 Å². The molecule has 122 valence electrons. The zero-order chi connectivity index (χ0) is 15.8. The van der Waals surface area contributed by atoms with Crippen molar-refractivity contribution in [3.8, 4) is 0 Å². The summed E-state index contributed by atoms with van der Waals surface area (Å²) in [5, 5.41) is 9.15. The molecular weight excluding hydrogens is 274 g/mol.